The highest BCUT2D eigenvalue weighted by Crippen LogP contribution is 2.39. The smallest absolute Gasteiger partial charge is 0.229 e. The summed E-state index contributed by atoms with van der Waals surface area (Å²) >= 11 is 0. The number of aromatic nitrogens is 2. The molecule has 3 aliphatic rings. The summed E-state index contributed by atoms with van der Waals surface area (Å²) in [7, 11) is -3.32. The van der Waals surface area contributed by atoms with Gasteiger partial charge in [-0.3, -0.25) is 4.72 Å². The van der Waals surface area contributed by atoms with E-state index >= 15 is 0 Å². The highest BCUT2D eigenvalue weighted by Gasteiger charge is 2.41. The summed E-state index contributed by atoms with van der Waals surface area (Å²) in [5.41, 5.74) is 2.05. The van der Waals surface area contributed by atoms with E-state index in [1.165, 1.54) is 45.3 Å². The van der Waals surface area contributed by atoms with E-state index in [-0.39, 0.29) is 0 Å². The van der Waals surface area contributed by atoms with E-state index in [4.69, 9.17) is 4.74 Å². The minimum absolute atomic E-state index is 0.452. The molecule has 3 fully saturated rings. The number of benzene rings is 1. The zero-order valence-corrected chi connectivity index (χ0v) is 19.9. The van der Waals surface area contributed by atoms with Crippen LogP contribution in [0, 0.1) is 17.8 Å². The van der Waals surface area contributed by atoms with Crippen LogP contribution in [0.5, 0.6) is 0 Å². The second-order valence-corrected chi connectivity index (χ2v) is 11.6. The van der Waals surface area contributed by atoms with Crippen LogP contribution in [0.15, 0.2) is 36.4 Å². The van der Waals surface area contributed by atoms with E-state index < -0.39 is 10.0 Å². The lowest BCUT2D eigenvalue weighted by molar-refractivity contribution is 0.0545. The van der Waals surface area contributed by atoms with Crippen molar-refractivity contribution in [2.75, 3.05) is 49.1 Å². The molecule has 1 saturated carbocycles. The molecule has 2 saturated heterocycles. The molecule has 2 aromatic rings. The molecule has 3 atom stereocenters. The van der Waals surface area contributed by atoms with Crippen LogP contribution in [0.2, 0.25) is 0 Å². The van der Waals surface area contributed by atoms with Gasteiger partial charge in [0.1, 0.15) is 5.82 Å². The Morgan fingerprint density at radius 1 is 1.06 bits per heavy atom. The van der Waals surface area contributed by atoms with E-state index in [0.29, 0.717) is 17.4 Å². The second-order valence-electron chi connectivity index (χ2n) is 9.87. The quantitative estimate of drug-likeness (QED) is 0.641. The van der Waals surface area contributed by atoms with Gasteiger partial charge in [-0.25, -0.2) is 8.42 Å². The Labute approximate surface area is 196 Å². The minimum atomic E-state index is -3.32. The molecule has 1 aromatic heterocycles. The Morgan fingerprint density at radius 2 is 1.82 bits per heavy atom. The van der Waals surface area contributed by atoms with Gasteiger partial charge in [0.05, 0.1) is 11.9 Å². The van der Waals surface area contributed by atoms with E-state index in [1.807, 2.05) is 18.2 Å². The first-order valence-electron chi connectivity index (χ1n) is 11.9. The molecule has 9 heteroatoms. The molecule has 0 bridgehead atoms. The van der Waals surface area contributed by atoms with Crippen molar-refractivity contribution in [1.29, 1.82) is 0 Å². The number of likely N-dealkylation sites (tertiary alicyclic amines) is 1. The number of nitrogens with zero attached hydrogens (tertiary/aromatic N) is 3. The van der Waals surface area contributed by atoms with Gasteiger partial charge in [-0.05, 0) is 67.7 Å². The number of fused-ring (bicyclic) bond motifs is 1. The Balaban J connectivity index is 1.13. The Bertz CT molecular complexity index is 1040. The summed E-state index contributed by atoms with van der Waals surface area (Å²) in [4.78, 5) is 2.68. The molecule has 178 valence electrons. The Morgan fingerprint density at radius 3 is 2.48 bits per heavy atom. The Hall–Kier alpha value is -2.23. The first-order chi connectivity index (χ1) is 15.9. The molecule has 1 aromatic carbocycles. The lowest BCUT2D eigenvalue weighted by Gasteiger charge is -2.27. The van der Waals surface area contributed by atoms with E-state index in [0.717, 1.165) is 48.6 Å². The lowest BCUT2D eigenvalue weighted by atomic mass is 10.00. The van der Waals surface area contributed by atoms with Gasteiger partial charge in [0.2, 0.25) is 10.0 Å². The molecule has 1 aliphatic carbocycles. The predicted octanol–water partition coefficient (Wildman–Crippen LogP) is 3.06. The minimum Gasteiger partial charge on any atom is -0.381 e. The number of anilines is 2. The maximum atomic E-state index is 11.5. The number of hydrogen-bond donors (Lipinski definition) is 2. The molecule has 3 heterocycles. The number of rotatable bonds is 7. The highest BCUT2D eigenvalue weighted by molar-refractivity contribution is 7.92. The van der Waals surface area contributed by atoms with Crippen molar-refractivity contribution in [2.24, 2.45) is 17.8 Å². The SMILES string of the molecule is CS(=O)(=O)Nc1cccc(-c2ccc(NC3C[C@@H]4CN(CC5CCOCC5)C[C@@H]4C3)nn2)c1. The van der Waals surface area contributed by atoms with Gasteiger partial charge in [0.15, 0.2) is 0 Å². The van der Waals surface area contributed by atoms with Crippen molar-refractivity contribution in [3.8, 4) is 11.3 Å². The fourth-order valence-electron chi connectivity index (χ4n) is 5.69. The average Bonchev–Trinajstić information content (AvgIpc) is 3.32. The van der Waals surface area contributed by atoms with Crippen LogP contribution in [0.4, 0.5) is 11.5 Å². The van der Waals surface area contributed by atoms with Gasteiger partial charge < -0.3 is 15.0 Å². The number of nitrogens with one attached hydrogen (secondary N) is 2. The second kappa shape index (κ2) is 9.56. The zero-order valence-electron chi connectivity index (χ0n) is 19.1. The molecular formula is C24H33N5O3S. The molecule has 33 heavy (non-hydrogen) atoms. The van der Waals surface area contributed by atoms with Crippen molar-refractivity contribution in [3.63, 3.8) is 0 Å². The fourth-order valence-corrected chi connectivity index (χ4v) is 6.24. The third-order valence-corrected chi connectivity index (χ3v) is 7.77. The fraction of sp³-hybridized carbons (Fsp3) is 0.583. The van der Waals surface area contributed by atoms with Crippen LogP contribution in [-0.2, 0) is 14.8 Å². The van der Waals surface area contributed by atoms with Gasteiger partial charge >= 0.3 is 0 Å². The predicted molar refractivity (Wildman–Crippen MR) is 130 cm³/mol. The molecule has 0 spiro atoms. The van der Waals surface area contributed by atoms with Crippen molar-refractivity contribution >= 4 is 21.5 Å². The summed E-state index contributed by atoms with van der Waals surface area (Å²) < 4.78 is 31.0. The van der Waals surface area contributed by atoms with Crippen molar-refractivity contribution in [2.45, 2.75) is 31.7 Å². The van der Waals surface area contributed by atoms with Crippen molar-refractivity contribution < 1.29 is 13.2 Å². The molecule has 8 nitrogen and oxygen atoms in total. The average molecular weight is 472 g/mol. The lowest BCUT2D eigenvalue weighted by Crippen LogP contribution is -2.32. The van der Waals surface area contributed by atoms with Crippen LogP contribution < -0.4 is 10.0 Å². The molecule has 2 N–H and O–H groups in total. The van der Waals surface area contributed by atoms with Gasteiger partial charge in [-0.15, -0.1) is 10.2 Å². The summed E-state index contributed by atoms with van der Waals surface area (Å²) in [5, 5.41) is 12.3. The molecule has 2 aliphatic heterocycles. The summed E-state index contributed by atoms with van der Waals surface area (Å²) in [6.07, 6.45) is 5.95. The largest absolute Gasteiger partial charge is 0.381 e. The van der Waals surface area contributed by atoms with Crippen LogP contribution >= 0.6 is 0 Å². The topological polar surface area (TPSA) is 96.5 Å². The maximum absolute atomic E-state index is 11.5. The van der Waals surface area contributed by atoms with E-state index in [2.05, 4.69) is 25.1 Å². The van der Waals surface area contributed by atoms with Crippen LogP contribution in [-0.4, -0.2) is 68.7 Å². The highest BCUT2D eigenvalue weighted by atomic mass is 32.2. The third-order valence-electron chi connectivity index (χ3n) is 7.16. The summed E-state index contributed by atoms with van der Waals surface area (Å²) in [6, 6.07) is 11.5. The zero-order chi connectivity index (χ0) is 22.8. The molecule has 1 unspecified atom stereocenters. The van der Waals surface area contributed by atoms with Crippen LogP contribution in [0.1, 0.15) is 25.7 Å². The normalized spacial score (nSPS) is 26.3. The van der Waals surface area contributed by atoms with E-state index in [1.54, 1.807) is 18.2 Å². The summed E-state index contributed by atoms with van der Waals surface area (Å²) in [5.74, 6) is 3.16. The van der Waals surface area contributed by atoms with E-state index in [9.17, 15) is 8.42 Å². The summed E-state index contributed by atoms with van der Waals surface area (Å²) in [6.45, 7) is 5.55. The monoisotopic (exact) mass is 471 g/mol. The standard InChI is InChI=1S/C24H33N5O3S/c1-33(30,31)28-21-4-2-3-18(11-21)23-5-6-24(27-26-23)25-22-12-19-15-29(16-20(19)13-22)14-17-7-9-32-10-8-17/h2-6,11,17,19-20,22,28H,7-10,12-16H2,1H3,(H,25,27)/t19-,20+,22?. The van der Waals surface area contributed by atoms with Gasteiger partial charge in [0, 0.05) is 50.1 Å². The van der Waals surface area contributed by atoms with Crippen molar-refractivity contribution in [3.05, 3.63) is 36.4 Å². The van der Waals surface area contributed by atoms with Gasteiger partial charge in [0.25, 0.3) is 0 Å². The van der Waals surface area contributed by atoms with Crippen molar-refractivity contribution in [1.82, 2.24) is 15.1 Å². The number of sulfonamides is 1. The third kappa shape index (κ3) is 5.83. The Kier molecular flexibility index (Phi) is 6.53. The molecular weight excluding hydrogens is 438 g/mol. The van der Waals surface area contributed by atoms with Gasteiger partial charge in [-0.1, -0.05) is 12.1 Å². The number of ether oxygens (including phenoxy) is 1. The first-order valence-corrected chi connectivity index (χ1v) is 13.8. The first kappa shape index (κ1) is 22.6. The molecule has 0 radical (unpaired) electrons. The van der Waals surface area contributed by atoms with Gasteiger partial charge in [-0.2, -0.15) is 0 Å². The van der Waals surface area contributed by atoms with Crippen LogP contribution in [0.3, 0.4) is 0 Å². The maximum Gasteiger partial charge on any atom is 0.229 e. The molecule has 0 amide bonds. The van der Waals surface area contributed by atoms with Crippen LogP contribution in [0.25, 0.3) is 11.3 Å². The molecule has 5 rings (SSSR count). The number of hydrogen-bond acceptors (Lipinski definition) is 7.